The first-order chi connectivity index (χ1) is 6.74. The molecule has 1 N–H and O–H groups in total. The summed E-state index contributed by atoms with van der Waals surface area (Å²) in [6.45, 7) is 0. The Morgan fingerprint density at radius 1 is 1.36 bits per heavy atom. The number of rotatable bonds is 4. The van der Waals surface area contributed by atoms with Crippen LogP contribution in [0, 0.1) is 0 Å². The average Bonchev–Trinajstić information content (AvgIpc) is 2.26. The average molecular weight is 198 g/mol. The van der Waals surface area contributed by atoms with Crippen molar-refractivity contribution in [2.45, 2.75) is 18.9 Å². The van der Waals surface area contributed by atoms with E-state index in [1.807, 2.05) is 30.3 Å². The van der Waals surface area contributed by atoms with Crippen LogP contribution in [0.4, 0.5) is 8.78 Å². The summed E-state index contributed by atoms with van der Waals surface area (Å²) in [5.74, 6) is -1.11. The molecular formula is C11H12F2O. The van der Waals surface area contributed by atoms with Crippen LogP contribution in [0.3, 0.4) is 0 Å². The second-order valence-corrected chi connectivity index (χ2v) is 3.03. The van der Waals surface area contributed by atoms with Gasteiger partial charge in [-0.3, -0.25) is 0 Å². The number of hydrogen-bond donors (Lipinski definition) is 1. The zero-order chi connectivity index (χ0) is 10.4. The molecule has 76 valence electrons. The Morgan fingerprint density at radius 2 is 2.00 bits per heavy atom. The number of aryl methyl sites for hydroxylation is 1. The normalized spacial score (nSPS) is 14.1. The Labute approximate surface area is 81.7 Å². The van der Waals surface area contributed by atoms with Crippen molar-refractivity contribution in [2.24, 2.45) is 0 Å². The van der Waals surface area contributed by atoms with Gasteiger partial charge in [-0.05, 0) is 18.4 Å². The molecule has 1 rings (SSSR count). The van der Waals surface area contributed by atoms with E-state index in [0.717, 1.165) is 5.56 Å². The monoisotopic (exact) mass is 198 g/mol. The summed E-state index contributed by atoms with van der Waals surface area (Å²) in [6.07, 6.45) is -0.810. The molecule has 14 heavy (non-hydrogen) atoms. The predicted octanol–water partition coefficient (Wildman–Crippen LogP) is 2.76. The van der Waals surface area contributed by atoms with E-state index in [1.54, 1.807) is 0 Å². The van der Waals surface area contributed by atoms with Gasteiger partial charge in [-0.1, -0.05) is 30.3 Å². The predicted molar refractivity (Wildman–Crippen MR) is 51.1 cm³/mol. The molecule has 0 saturated carbocycles. The van der Waals surface area contributed by atoms with E-state index in [9.17, 15) is 8.78 Å². The first-order valence-electron chi connectivity index (χ1n) is 4.42. The molecule has 0 amide bonds. The largest absolute Gasteiger partial charge is 0.386 e. The van der Waals surface area contributed by atoms with E-state index in [1.165, 1.54) is 0 Å². The molecule has 0 aliphatic heterocycles. The van der Waals surface area contributed by atoms with Crippen LogP contribution in [0.5, 0.6) is 0 Å². The van der Waals surface area contributed by atoms with Crippen molar-refractivity contribution in [2.75, 3.05) is 0 Å². The van der Waals surface area contributed by atoms with E-state index in [-0.39, 0.29) is 12.8 Å². The number of benzene rings is 1. The molecule has 1 atom stereocenters. The van der Waals surface area contributed by atoms with Gasteiger partial charge >= 0.3 is 0 Å². The SMILES string of the molecule is OC(CCc1ccccc1)/C(F)=C/F. The molecule has 0 fully saturated rings. The van der Waals surface area contributed by atoms with Crippen LogP contribution in [0.25, 0.3) is 0 Å². The minimum atomic E-state index is -1.33. The minimum absolute atomic E-state index is 0.191. The molecule has 0 spiro atoms. The van der Waals surface area contributed by atoms with Crippen LogP contribution < -0.4 is 0 Å². The summed E-state index contributed by atoms with van der Waals surface area (Å²) in [5.41, 5.74) is 0.998. The van der Waals surface area contributed by atoms with Crippen LogP contribution in [-0.2, 0) is 6.42 Å². The highest BCUT2D eigenvalue weighted by Gasteiger charge is 2.10. The van der Waals surface area contributed by atoms with Gasteiger partial charge in [0, 0.05) is 0 Å². The van der Waals surface area contributed by atoms with E-state index in [4.69, 9.17) is 5.11 Å². The van der Waals surface area contributed by atoms with Gasteiger partial charge in [-0.2, -0.15) is 0 Å². The van der Waals surface area contributed by atoms with E-state index < -0.39 is 11.9 Å². The molecule has 0 bridgehead atoms. The molecule has 1 aromatic carbocycles. The molecule has 0 saturated heterocycles. The first-order valence-corrected chi connectivity index (χ1v) is 4.42. The summed E-state index contributed by atoms with van der Waals surface area (Å²) in [4.78, 5) is 0. The molecule has 0 aliphatic carbocycles. The topological polar surface area (TPSA) is 20.2 Å². The summed E-state index contributed by atoms with van der Waals surface area (Å²) >= 11 is 0. The lowest BCUT2D eigenvalue weighted by Gasteiger charge is -2.06. The van der Waals surface area contributed by atoms with Crippen LogP contribution in [0.2, 0.25) is 0 Å². The van der Waals surface area contributed by atoms with Crippen LogP contribution in [0.15, 0.2) is 42.5 Å². The highest BCUT2D eigenvalue weighted by molar-refractivity contribution is 5.15. The summed E-state index contributed by atoms with van der Waals surface area (Å²) in [6, 6.07) is 9.36. The van der Waals surface area contributed by atoms with Crippen molar-refractivity contribution in [1.82, 2.24) is 0 Å². The highest BCUT2D eigenvalue weighted by Crippen LogP contribution is 2.12. The number of aliphatic hydroxyl groups excluding tert-OH is 1. The standard InChI is InChI=1S/C11H12F2O/c12-8-10(13)11(14)7-6-9-4-2-1-3-5-9/h1-5,8,11,14H,6-7H2/b10-8-. The van der Waals surface area contributed by atoms with Crippen LogP contribution in [0.1, 0.15) is 12.0 Å². The zero-order valence-corrected chi connectivity index (χ0v) is 7.66. The van der Waals surface area contributed by atoms with Crippen molar-refractivity contribution in [3.63, 3.8) is 0 Å². The summed E-state index contributed by atoms with van der Waals surface area (Å²) in [5, 5.41) is 9.10. The molecule has 1 nitrogen and oxygen atoms in total. The molecule has 3 heteroatoms. The Balaban J connectivity index is 2.42. The molecular weight excluding hydrogens is 186 g/mol. The maximum Gasteiger partial charge on any atom is 0.156 e. The lowest BCUT2D eigenvalue weighted by atomic mass is 10.1. The second-order valence-electron chi connectivity index (χ2n) is 3.03. The fraction of sp³-hybridized carbons (Fsp3) is 0.273. The van der Waals surface area contributed by atoms with Crippen molar-refractivity contribution >= 4 is 0 Å². The van der Waals surface area contributed by atoms with Gasteiger partial charge in [0.05, 0.1) is 0 Å². The van der Waals surface area contributed by atoms with E-state index >= 15 is 0 Å². The molecule has 0 radical (unpaired) electrons. The lowest BCUT2D eigenvalue weighted by molar-refractivity contribution is 0.170. The number of aliphatic hydroxyl groups is 1. The Kier molecular flexibility index (Phi) is 4.26. The van der Waals surface area contributed by atoms with Gasteiger partial charge in [0.2, 0.25) is 0 Å². The van der Waals surface area contributed by atoms with E-state index in [0.29, 0.717) is 6.42 Å². The fourth-order valence-corrected chi connectivity index (χ4v) is 1.16. The second kappa shape index (κ2) is 5.50. The number of halogens is 2. The van der Waals surface area contributed by atoms with Gasteiger partial charge in [0.25, 0.3) is 0 Å². The zero-order valence-electron chi connectivity index (χ0n) is 7.66. The van der Waals surface area contributed by atoms with Crippen molar-refractivity contribution < 1.29 is 13.9 Å². The summed E-state index contributed by atoms with van der Waals surface area (Å²) in [7, 11) is 0. The third-order valence-electron chi connectivity index (χ3n) is 1.97. The summed E-state index contributed by atoms with van der Waals surface area (Å²) < 4.78 is 24.1. The highest BCUT2D eigenvalue weighted by atomic mass is 19.2. The van der Waals surface area contributed by atoms with Gasteiger partial charge in [-0.25, -0.2) is 8.78 Å². The number of hydrogen-bond acceptors (Lipinski definition) is 1. The van der Waals surface area contributed by atoms with Gasteiger partial charge < -0.3 is 5.11 Å². The molecule has 0 aromatic heterocycles. The van der Waals surface area contributed by atoms with Gasteiger partial charge in [0.1, 0.15) is 12.4 Å². The third kappa shape index (κ3) is 3.26. The first kappa shape index (κ1) is 10.9. The van der Waals surface area contributed by atoms with Crippen LogP contribution in [-0.4, -0.2) is 11.2 Å². The molecule has 1 unspecified atom stereocenters. The maximum absolute atomic E-state index is 12.5. The van der Waals surface area contributed by atoms with Gasteiger partial charge in [0.15, 0.2) is 5.83 Å². The van der Waals surface area contributed by atoms with Crippen molar-refractivity contribution in [1.29, 1.82) is 0 Å². The van der Waals surface area contributed by atoms with Gasteiger partial charge in [-0.15, -0.1) is 0 Å². The third-order valence-corrected chi connectivity index (χ3v) is 1.97. The fourth-order valence-electron chi connectivity index (χ4n) is 1.16. The smallest absolute Gasteiger partial charge is 0.156 e. The molecule has 0 heterocycles. The Hall–Kier alpha value is -1.22. The Morgan fingerprint density at radius 3 is 2.57 bits per heavy atom. The van der Waals surface area contributed by atoms with E-state index in [2.05, 4.69) is 0 Å². The van der Waals surface area contributed by atoms with Crippen molar-refractivity contribution in [3.8, 4) is 0 Å². The quantitative estimate of drug-likeness (QED) is 0.788. The minimum Gasteiger partial charge on any atom is -0.386 e. The lowest BCUT2D eigenvalue weighted by Crippen LogP contribution is -2.08. The molecule has 0 aliphatic rings. The molecule has 1 aromatic rings. The van der Waals surface area contributed by atoms with Crippen molar-refractivity contribution in [3.05, 3.63) is 48.1 Å². The maximum atomic E-state index is 12.5. The van der Waals surface area contributed by atoms with Crippen LogP contribution >= 0.6 is 0 Å². The Bertz CT molecular complexity index is 295.